The average molecular weight is 431 g/mol. The molecule has 0 unspecified atom stereocenters. The molecule has 4 rings (SSSR count). The molecule has 6 heteroatoms. The van der Waals surface area contributed by atoms with Crippen LogP contribution >= 0.6 is 0 Å². The van der Waals surface area contributed by atoms with Crippen molar-refractivity contribution in [2.45, 2.75) is 26.7 Å². The second-order valence-corrected chi connectivity index (χ2v) is 8.39. The van der Waals surface area contributed by atoms with Crippen LogP contribution in [0.1, 0.15) is 25.3 Å². The molecule has 3 aromatic rings. The Morgan fingerprint density at radius 3 is 2.59 bits per heavy atom. The van der Waals surface area contributed by atoms with E-state index in [4.69, 9.17) is 0 Å². The number of aromatic nitrogens is 1. The summed E-state index contributed by atoms with van der Waals surface area (Å²) in [6, 6.07) is 18.0. The summed E-state index contributed by atoms with van der Waals surface area (Å²) in [6.45, 7) is 6.44. The molecule has 2 amide bonds. The van der Waals surface area contributed by atoms with Crippen molar-refractivity contribution in [3.63, 3.8) is 0 Å². The molecule has 2 aromatic carbocycles. The lowest BCUT2D eigenvalue weighted by Crippen LogP contribution is -2.45. The predicted molar refractivity (Wildman–Crippen MR) is 129 cm³/mol. The Bertz CT molecular complexity index is 1100. The van der Waals surface area contributed by atoms with Crippen molar-refractivity contribution in [1.29, 1.82) is 0 Å². The number of anilines is 2. The second-order valence-electron chi connectivity index (χ2n) is 8.39. The summed E-state index contributed by atoms with van der Waals surface area (Å²) in [5.74, 6) is 0.654. The number of hydrogen-bond donors (Lipinski definition) is 1. The molecule has 1 N–H and O–H groups in total. The summed E-state index contributed by atoms with van der Waals surface area (Å²) in [6.07, 6.45) is 3.19. The second kappa shape index (κ2) is 9.92. The number of carbonyl (C=O) groups excluding carboxylic acids is 2. The van der Waals surface area contributed by atoms with Crippen LogP contribution in [-0.4, -0.2) is 47.9 Å². The number of likely N-dealkylation sites (N-methyl/N-ethyl adjacent to an activating group) is 1. The van der Waals surface area contributed by atoms with Crippen molar-refractivity contribution in [3.8, 4) is 0 Å². The zero-order valence-corrected chi connectivity index (χ0v) is 18.8. The van der Waals surface area contributed by atoms with E-state index in [1.807, 2.05) is 55.1 Å². The van der Waals surface area contributed by atoms with Crippen LogP contribution in [0.5, 0.6) is 0 Å². The molecule has 6 nitrogen and oxygen atoms in total. The van der Waals surface area contributed by atoms with Gasteiger partial charge in [-0.15, -0.1) is 0 Å². The summed E-state index contributed by atoms with van der Waals surface area (Å²) in [5, 5.41) is 5.15. The maximum atomic E-state index is 13.2. The number of pyridine rings is 1. The van der Waals surface area contributed by atoms with E-state index in [0.29, 0.717) is 18.9 Å². The Labute approximate surface area is 189 Å². The van der Waals surface area contributed by atoms with Gasteiger partial charge in [-0.3, -0.25) is 14.5 Å². The van der Waals surface area contributed by atoms with Gasteiger partial charge < -0.3 is 10.2 Å². The molecule has 0 atom stereocenters. The average Bonchev–Trinajstić information content (AvgIpc) is 2.80. The minimum Gasteiger partial charge on any atom is -0.311 e. The van der Waals surface area contributed by atoms with Gasteiger partial charge in [-0.1, -0.05) is 36.4 Å². The van der Waals surface area contributed by atoms with Crippen molar-refractivity contribution in [3.05, 3.63) is 66.4 Å². The first kappa shape index (κ1) is 22.0. The van der Waals surface area contributed by atoms with Gasteiger partial charge in [0.15, 0.2) is 0 Å². The van der Waals surface area contributed by atoms with Gasteiger partial charge in [-0.05, 0) is 68.9 Å². The highest BCUT2D eigenvalue weighted by Crippen LogP contribution is 2.27. The topological polar surface area (TPSA) is 65.5 Å². The molecule has 1 saturated heterocycles. The Hall–Kier alpha value is -3.25. The molecule has 0 saturated carbocycles. The predicted octanol–water partition coefficient (Wildman–Crippen LogP) is 4.25. The maximum absolute atomic E-state index is 13.2. The number of rotatable bonds is 6. The van der Waals surface area contributed by atoms with E-state index in [0.717, 1.165) is 48.0 Å². The van der Waals surface area contributed by atoms with Crippen LogP contribution in [-0.2, 0) is 9.59 Å². The number of nitrogens with zero attached hydrogens (tertiary/aromatic N) is 3. The van der Waals surface area contributed by atoms with E-state index in [2.05, 4.69) is 33.4 Å². The molecular weight excluding hydrogens is 400 g/mol. The van der Waals surface area contributed by atoms with Gasteiger partial charge >= 0.3 is 0 Å². The molecule has 1 fully saturated rings. The Morgan fingerprint density at radius 1 is 1.09 bits per heavy atom. The molecule has 0 bridgehead atoms. The van der Waals surface area contributed by atoms with E-state index in [1.165, 1.54) is 0 Å². The Morgan fingerprint density at radius 2 is 1.84 bits per heavy atom. The molecule has 0 spiro atoms. The van der Waals surface area contributed by atoms with Crippen LogP contribution in [0.25, 0.3) is 10.8 Å². The normalized spacial score (nSPS) is 14.9. The van der Waals surface area contributed by atoms with Crippen molar-refractivity contribution >= 4 is 34.1 Å². The van der Waals surface area contributed by atoms with Crippen LogP contribution in [0.3, 0.4) is 0 Å². The van der Waals surface area contributed by atoms with Crippen molar-refractivity contribution < 1.29 is 9.59 Å². The first-order valence-corrected chi connectivity index (χ1v) is 11.3. The zero-order chi connectivity index (χ0) is 22.5. The van der Waals surface area contributed by atoms with E-state index >= 15 is 0 Å². The lowest BCUT2D eigenvalue weighted by Gasteiger charge is -2.32. The summed E-state index contributed by atoms with van der Waals surface area (Å²) in [4.78, 5) is 34.0. The lowest BCUT2D eigenvalue weighted by atomic mass is 9.96. The fourth-order valence-corrected chi connectivity index (χ4v) is 4.39. The highest BCUT2D eigenvalue weighted by atomic mass is 16.2. The number of hydrogen-bond acceptors (Lipinski definition) is 4. The number of fused-ring (bicyclic) bond motifs is 1. The standard InChI is InChI=1S/C26H30N4O2/c1-3-30(23-10-6-8-20-7-4-5-9-22(20)23)25(31)18-29-15-12-21(13-16-29)26(32)28-24-17-19(2)11-14-27-24/h4-11,14,17,21H,3,12-13,15-16,18H2,1-2H3,(H,27,28,32). The number of carbonyl (C=O) groups is 2. The first-order valence-electron chi connectivity index (χ1n) is 11.3. The van der Waals surface area contributed by atoms with Gasteiger partial charge in [0.2, 0.25) is 11.8 Å². The van der Waals surface area contributed by atoms with Crippen LogP contribution in [0, 0.1) is 12.8 Å². The van der Waals surface area contributed by atoms with E-state index in [1.54, 1.807) is 6.20 Å². The molecule has 1 aliphatic heterocycles. The summed E-state index contributed by atoms with van der Waals surface area (Å²) < 4.78 is 0. The van der Waals surface area contributed by atoms with Crippen LogP contribution < -0.4 is 10.2 Å². The third-order valence-electron chi connectivity index (χ3n) is 6.16. The summed E-state index contributed by atoms with van der Waals surface area (Å²) >= 11 is 0. The van der Waals surface area contributed by atoms with Gasteiger partial charge in [-0.25, -0.2) is 4.98 Å². The van der Waals surface area contributed by atoms with Gasteiger partial charge in [0.25, 0.3) is 0 Å². The number of piperidine rings is 1. The third kappa shape index (κ3) is 4.97. The number of benzene rings is 2. The molecule has 1 aliphatic rings. The molecule has 166 valence electrons. The number of likely N-dealkylation sites (tertiary alicyclic amines) is 1. The van der Waals surface area contributed by atoms with Crippen LogP contribution in [0.15, 0.2) is 60.8 Å². The van der Waals surface area contributed by atoms with Gasteiger partial charge in [-0.2, -0.15) is 0 Å². The maximum Gasteiger partial charge on any atom is 0.241 e. The molecule has 0 radical (unpaired) electrons. The van der Waals surface area contributed by atoms with Crippen molar-refractivity contribution in [2.75, 3.05) is 36.4 Å². The summed E-state index contributed by atoms with van der Waals surface area (Å²) in [7, 11) is 0. The Balaban J connectivity index is 1.35. The fraction of sp³-hybridized carbons (Fsp3) is 0.346. The molecule has 1 aromatic heterocycles. The van der Waals surface area contributed by atoms with Crippen molar-refractivity contribution in [2.24, 2.45) is 5.92 Å². The first-order chi connectivity index (χ1) is 15.5. The largest absolute Gasteiger partial charge is 0.311 e. The van der Waals surface area contributed by atoms with E-state index in [9.17, 15) is 9.59 Å². The minimum atomic E-state index is -0.0518. The monoisotopic (exact) mass is 430 g/mol. The van der Waals surface area contributed by atoms with Gasteiger partial charge in [0, 0.05) is 24.0 Å². The fourth-order valence-electron chi connectivity index (χ4n) is 4.39. The zero-order valence-electron chi connectivity index (χ0n) is 18.8. The highest BCUT2D eigenvalue weighted by molar-refractivity contribution is 6.04. The van der Waals surface area contributed by atoms with E-state index in [-0.39, 0.29) is 17.7 Å². The van der Waals surface area contributed by atoms with Crippen molar-refractivity contribution in [1.82, 2.24) is 9.88 Å². The van der Waals surface area contributed by atoms with E-state index < -0.39 is 0 Å². The smallest absolute Gasteiger partial charge is 0.241 e. The number of amides is 2. The van der Waals surface area contributed by atoms with Crippen LogP contribution in [0.2, 0.25) is 0 Å². The quantitative estimate of drug-likeness (QED) is 0.635. The third-order valence-corrected chi connectivity index (χ3v) is 6.16. The Kier molecular flexibility index (Phi) is 6.81. The highest BCUT2D eigenvalue weighted by Gasteiger charge is 2.27. The SMILES string of the molecule is CCN(C(=O)CN1CCC(C(=O)Nc2cc(C)ccn2)CC1)c1cccc2ccccc12. The van der Waals surface area contributed by atoms with Gasteiger partial charge in [0.05, 0.1) is 12.2 Å². The number of nitrogens with one attached hydrogen (secondary N) is 1. The molecule has 0 aliphatic carbocycles. The molecule has 32 heavy (non-hydrogen) atoms. The number of aryl methyl sites for hydroxylation is 1. The minimum absolute atomic E-state index is 0.0139. The van der Waals surface area contributed by atoms with Gasteiger partial charge in [0.1, 0.15) is 5.82 Å². The lowest BCUT2D eigenvalue weighted by molar-refractivity contribution is -0.122. The molecule has 2 heterocycles. The summed E-state index contributed by atoms with van der Waals surface area (Å²) in [5.41, 5.74) is 2.02. The van der Waals surface area contributed by atoms with Crippen LogP contribution in [0.4, 0.5) is 11.5 Å². The molecular formula is C26H30N4O2.